The molecule has 0 unspecified atom stereocenters. The number of nitrogens with one attached hydrogen (secondary N) is 1. The van der Waals surface area contributed by atoms with Crippen LogP contribution in [-0.2, 0) is 5.41 Å². The molecule has 0 saturated heterocycles. The van der Waals surface area contributed by atoms with Gasteiger partial charge in [0, 0.05) is 5.56 Å². The zero-order valence-electron chi connectivity index (χ0n) is 17.3. The highest BCUT2D eigenvalue weighted by molar-refractivity contribution is 5.95. The van der Waals surface area contributed by atoms with Crippen molar-refractivity contribution in [3.05, 3.63) is 59.2 Å². The summed E-state index contributed by atoms with van der Waals surface area (Å²) in [5, 5.41) is 3.06. The summed E-state index contributed by atoms with van der Waals surface area (Å²) < 4.78 is 11.2. The lowest BCUT2D eigenvalue weighted by Gasteiger charge is -2.21. The molecule has 2 aromatic carbocycles. The molecule has 4 heteroatoms. The van der Waals surface area contributed by atoms with Crippen molar-refractivity contribution in [2.24, 2.45) is 0 Å². The molecule has 0 bridgehead atoms. The van der Waals surface area contributed by atoms with Crippen LogP contribution in [0.25, 0.3) is 0 Å². The van der Waals surface area contributed by atoms with E-state index in [1.807, 2.05) is 20.8 Å². The highest BCUT2D eigenvalue weighted by Crippen LogP contribution is 2.29. The minimum atomic E-state index is -0.133. The van der Waals surface area contributed by atoms with Crippen LogP contribution in [0.15, 0.2) is 42.5 Å². The zero-order chi connectivity index (χ0) is 20.0. The summed E-state index contributed by atoms with van der Waals surface area (Å²) in [5.41, 5.74) is 3.02. The molecular formula is C23H31NO3. The molecule has 1 N–H and O–H groups in total. The molecule has 2 rings (SSSR count). The van der Waals surface area contributed by atoms with Crippen molar-refractivity contribution < 1.29 is 14.3 Å². The Morgan fingerprint density at radius 1 is 0.963 bits per heavy atom. The Labute approximate surface area is 162 Å². The first-order valence-corrected chi connectivity index (χ1v) is 9.57. The van der Waals surface area contributed by atoms with E-state index in [0.717, 1.165) is 5.56 Å². The molecule has 0 fully saturated rings. The monoisotopic (exact) mass is 369 g/mol. The molecule has 1 atom stereocenters. The third-order valence-electron chi connectivity index (χ3n) is 4.43. The van der Waals surface area contributed by atoms with Gasteiger partial charge in [-0.1, -0.05) is 45.0 Å². The Morgan fingerprint density at radius 3 is 2.11 bits per heavy atom. The van der Waals surface area contributed by atoms with Crippen molar-refractivity contribution in [1.82, 2.24) is 5.32 Å². The van der Waals surface area contributed by atoms with E-state index in [1.165, 1.54) is 5.56 Å². The van der Waals surface area contributed by atoms with Crippen molar-refractivity contribution >= 4 is 5.91 Å². The molecule has 0 radical (unpaired) electrons. The van der Waals surface area contributed by atoms with Crippen LogP contribution in [0.5, 0.6) is 11.5 Å². The van der Waals surface area contributed by atoms with Crippen LogP contribution in [0.3, 0.4) is 0 Å². The van der Waals surface area contributed by atoms with Crippen LogP contribution in [-0.4, -0.2) is 19.1 Å². The second kappa shape index (κ2) is 8.94. The number of ether oxygens (including phenoxy) is 2. The van der Waals surface area contributed by atoms with Crippen LogP contribution in [0.1, 0.15) is 69.1 Å². The highest BCUT2D eigenvalue weighted by Gasteiger charge is 2.16. The second-order valence-electron chi connectivity index (χ2n) is 7.59. The number of benzene rings is 2. The maximum atomic E-state index is 12.7. The molecule has 0 aromatic heterocycles. The van der Waals surface area contributed by atoms with Gasteiger partial charge in [0.25, 0.3) is 5.91 Å². The van der Waals surface area contributed by atoms with E-state index < -0.39 is 0 Å². The largest absolute Gasteiger partial charge is 0.490 e. The van der Waals surface area contributed by atoms with Crippen molar-refractivity contribution in [3.63, 3.8) is 0 Å². The third-order valence-corrected chi connectivity index (χ3v) is 4.43. The molecule has 2 aromatic rings. The van der Waals surface area contributed by atoms with Gasteiger partial charge in [-0.3, -0.25) is 4.79 Å². The quantitative estimate of drug-likeness (QED) is 0.723. The zero-order valence-corrected chi connectivity index (χ0v) is 17.3. The van der Waals surface area contributed by atoms with Crippen molar-refractivity contribution in [3.8, 4) is 11.5 Å². The number of hydrogen-bond acceptors (Lipinski definition) is 3. The molecule has 0 aliphatic carbocycles. The highest BCUT2D eigenvalue weighted by atomic mass is 16.5. The van der Waals surface area contributed by atoms with Gasteiger partial charge >= 0.3 is 0 Å². The fourth-order valence-electron chi connectivity index (χ4n) is 2.83. The lowest BCUT2D eigenvalue weighted by molar-refractivity contribution is 0.0939. The lowest BCUT2D eigenvalue weighted by atomic mass is 9.86. The molecule has 0 aliphatic heterocycles. The molecule has 0 spiro atoms. The third kappa shape index (κ3) is 5.49. The van der Waals surface area contributed by atoms with Crippen molar-refractivity contribution in [2.75, 3.05) is 13.2 Å². The van der Waals surface area contributed by atoms with E-state index in [9.17, 15) is 4.79 Å². The summed E-state index contributed by atoms with van der Waals surface area (Å²) in [4.78, 5) is 12.7. The Morgan fingerprint density at radius 2 is 1.56 bits per heavy atom. The van der Waals surface area contributed by atoms with E-state index in [1.54, 1.807) is 18.2 Å². The van der Waals surface area contributed by atoms with E-state index in [2.05, 4.69) is 50.4 Å². The Bertz CT molecular complexity index is 760. The van der Waals surface area contributed by atoms with Gasteiger partial charge in [-0.05, 0) is 55.5 Å². The van der Waals surface area contributed by atoms with Gasteiger partial charge in [-0.25, -0.2) is 0 Å². The minimum Gasteiger partial charge on any atom is -0.490 e. The fourth-order valence-corrected chi connectivity index (χ4v) is 2.83. The van der Waals surface area contributed by atoms with E-state index in [-0.39, 0.29) is 17.4 Å². The topological polar surface area (TPSA) is 47.6 Å². The summed E-state index contributed by atoms with van der Waals surface area (Å²) in [5.74, 6) is 1.11. The van der Waals surface area contributed by atoms with Crippen LogP contribution < -0.4 is 14.8 Å². The average Bonchev–Trinajstić information content (AvgIpc) is 2.63. The van der Waals surface area contributed by atoms with Gasteiger partial charge < -0.3 is 14.8 Å². The Balaban J connectivity index is 2.12. The van der Waals surface area contributed by atoms with Crippen LogP contribution in [0.4, 0.5) is 0 Å². The smallest absolute Gasteiger partial charge is 0.251 e. The van der Waals surface area contributed by atoms with Crippen LogP contribution >= 0.6 is 0 Å². The molecule has 146 valence electrons. The summed E-state index contributed by atoms with van der Waals surface area (Å²) in [6.07, 6.45) is 0. The maximum Gasteiger partial charge on any atom is 0.251 e. The maximum absolute atomic E-state index is 12.7. The first-order chi connectivity index (χ1) is 12.8. The fraction of sp³-hybridized carbons (Fsp3) is 0.435. The molecule has 27 heavy (non-hydrogen) atoms. The van der Waals surface area contributed by atoms with Gasteiger partial charge in [-0.15, -0.1) is 0 Å². The van der Waals surface area contributed by atoms with Crippen LogP contribution in [0, 0.1) is 0 Å². The molecule has 0 saturated carbocycles. The number of hydrogen-bond donors (Lipinski definition) is 1. The SMILES string of the molecule is CCOc1ccc(C(=O)N[C@@H](C)c2ccc(C(C)(C)C)cc2)cc1OCC. The summed E-state index contributed by atoms with van der Waals surface area (Å²) in [6.45, 7) is 13.4. The average molecular weight is 370 g/mol. The number of carbonyl (C=O) groups is 1. The van der Waals surface area contributed by atoms with Crippen molar-refractivity contribution in [2.45, 2.75) is 53.0 Å². The number of carbonyl (C=O) groups excluding carboxylic acids is 1. The van der Waals surface area contributed by atoms with Gasteiger partial charge in [-0.2, -0.15) is 0 Å². The van der Waals surface area contributed by atoms with E-state index in [0.29, 0.717) is 30.3 Å². The van der Waals surface area contributed by atoms with Gasteiger partial charge in [0.05, 0.1) is 19.3 Å². The first kappa shape index (κ1) is 20.8. The molecule has 4 nitrogen and oxygen atoms in total. The standard InChI is InChI=1S/C23H31NO3/c1-7-26-20-14-11-18(15-21(20)27-8-2)22(25)24-16(3)17-9-12-19(13-10-17)23(4,5)6/h9-16H,7-8H2,1-6H3,(H,24,25)/t16-/m0/s1. The predicted octanol–water partition coefficient (Wildman–Crippen LogP) is 5.27. The van der Waals surface area contributed by atoms with Crippen molar-refractivity contribution in [1.29, 1.82) is 0 Å². The number of amides is 1. The number of rotatable bonds is 7. The molecule has 0 heterocycles. The first-order valence-electron chi connectivity index (χ1n) is 9.57. The minimum absolute atomic E-state index is 0.0892. The van der Waals surface area contributed by atoms with Gasteiger partial charge in [0.2, 0.25) is 0 Å². The summed E-state index contributed by atoms with van der Waals surface area (Å²) >= 11 is 0. The summed E-state index contributed by atoms with van der Waals surface area (Å²) in [6, 6.07) is 13.6. The Hall–Kier alpha value is -2.49. The van der Waals surface area contributed by atoms with E-state index >= 15 is 0 Å². The molecule has 1 amide bonds. The summed E-state index contributed by atoms with van der Waals surface area (Å²) in [7, 11) is 0. The second-order valence-corrected chi connectivity index (χ2v) is 7.59. The lowest BCUT2D eigenvalue weighted by Crippen LogP contribution is -2.26. The molecular weight excluding hydrogens is 338 g/mol. The Kier molecular flexibility index (Phi) is 6.89. The van der Waals surface area contributed by atoms with Crippen LogP contribution in [0.2, 0.25) is 0 Å². The normalized spacial score (nSPS) is 12.4. The van der Waals surface area contributed by atoms with Gasteiger partial charge in [0.15, 0.2) is 11.5 Å². The van der Waals surface area contributed by atoms with E-state index in [4.69, 9.17) is 9.47 Å². The van der Waals surface area contributed by atoms with Gasteiger partial charge in [0.1, 0.15) is 0 Å². The predicted molar refractivity (Wildman–Crippen MR) is 110 cm³/mol. The molecule has 0 aliphatic rings.